The molecule has 0 aliphatic rings. The van der Waals surface area contributed by atoms with Crippen molar-refractivity contribution in [2.75, 3.05) is 0 Å². The maximum Gasteiger partial charge on any atom is 0.0482 e. The second-order valence-electron chi connectivity index (χ2n) is 7.60. The molecule has 6 rings (SSSR count). The highest BCUT2D eigenvalue weighted by molar-refractivity contribution is 6.11. The highest BCUT2D eigenvalue weighted by Crippen LogP contribution is 2.28. The average molecular weight is 384 g/mol. The van der Waals surface area contributed by atoms with Crippen LogP contribution in [0.2, 0.25) is 0 Å². The van der Waals surface area contributed by atoms with Gasteiger partial charge in [0.15, 0.2) is 0 Å². The number of rotatable bonds is 1. The van der Waals surface area contributed by atoms with E-state index >= 15 is 0 Å². The van der Waals surface area contributed by atoms with E-state index in [9.17, 15) is 0 Å². The van der Waals surface area contributed by atoms with Crippen LogP contribution < -0.4 is 0 Å². The van der Waals surface area contributed by atoms with Crippen LogP contribution in [0.1, 0.15) is 0 Å². The number of aromatic amines is 1. The molecule has 0 atom stereocenters. The van der Waals surface area contributed by atoms with E-state index in [-0.39, 0.29) is 0 Å². The summed E-state index contributed by atoms with van der Waals surface area (Å²) in [5.74, 6) is 0. The molecule has 2 nitrogen and oxygen atoms in total. The van der Waals surface area contributed by atoms with E-state index in [0.717, 1.165) is 27.8 Å². The SMILES string of the molecule is c1ccc(-n2c3cccc(c3)[nH]c3ccccc3c3cccc4ccc2cc43)cc1. The van der Waals surface area contributed by atoms with Crippen LogP contribution in [0.15, 0.2) is 115 Å². The van der Waals surface area contributed by atoms with Crippen molar-refractivity contribution < 1.29 is 0 Å². The summed E-state index contributed by atoms with van der Waals surface area (Å²) in [5, 5.41) is 4.93. The zero-order valence-corrected chi connectivity index (χ0v) is 16.4. The molecule has 0 aliphatic heterocycles. The van der Waals surface area contributed by atoms with Crippen molar-refractivity contribution in [1.82, 2.24) is 9.55 Å². The third-order valence-corrected chi connectivity index (χ3v) is 5.74. The van der Waals surface area contributed by atoms with Gasteiger partial charge < -0.3 is 9.55 Å². The Morgan fingerprint density at radius 2 is 1.27 bits per heavy atom. The number of hydrogen-bond donors (Lipinski definition) is 1. The average Bonchev–Trinajstić information content (AvgIpc) is 2.81. The molecule has 0 amide bonds. The highest BCUT2D eigenvalue weighted by Gasteiger charge is 2.05. The molecule has 30 heavy (non-hydrogen) atoms. The molecule has 0 spiro atoms. The normalized spacial score (nSPS) is 11.3. The number of fused-ring (bicyclic) bond motifs is 5. The predicted molar refractivity (Wildman–Crippen MR) is 128 cm³/mol. The first-order chi connectivity index (χ1) is 14.9. The van der Waals surface area contributed by atoms with Gasteiger partial charge in [-0.25, -0.2) is 0 Å². The molecule has 0 aliphatic carbocycles. The fourth-order valence-corrected chi connectivity index (χ4v) is 4.36. The molecule has 2 heteroatoms. The summed E-state index contributed by atoms with van der Waals surface area (Å²) in [6, 6.07) is 41.0. The van der Waals surface area contributed by atoms with Crippen LogP contribution in [0, 0.1) is 0 Å². The number of hydrogen-bond acceptors (Lipinski definition) is 0. The van der Waals surface area contributed by atoms with Crippen molar-refractivity contribution in [2.24, 2.45) is 0 Å². The largest absolute Gasteiger partial charge is 0.355 e. The minimum atomic E-state index is 1.07. The zero-order valence-electron chi connectivity index (χ0n) is 16.4. The lowest BCUT2D eigenvalue weighted by Crippen LogP contribution is -1.96. The Kier molecular flexibility index (Phi) is 3.82. The Morgan fingerprint density at radius 3 is 2.20 bits per heavy atom. The van der Waals surface area contributed by atoms with Gasteiger partial charge in [-0.1, -0.05) is 66.7 Å². The van der Waals surface area contributed by atoms with Gasteiger partial charge in [0.2, 0.25) is 0 Å². The molecule has 4 bridgehead atoms. The fraction of sp³-hybridized carbons (Fsp3) is 0. The lowest BCUT2D eigenvalue weighted by Gasteiger charge is -2.12. The van der Waals surface area contributed by atoms with E-state index in [0.29, 0.717) is 0 Å². The van der Waals surface area contributed by atoms with E-state index in [4.69, 9.17) is 0 Å². The van der Waals surface area contributed by atoms with Gasteiger partial charge in [-0.3, -0.25) is 0 Å². The Bertz CT molecular complexity index is 1590. The van der Waals surface area contributed by atoms with Crippen LogP contribution in [0.4, 0.5) is 0 Å². The molecule has 0 unspecified atom stereocenters. The Labute approximate surface area is 174 Å². The van der Waals surface area contributed by atoms with E-state index in [1.165, 1.54) is 21.5 Å². The van der Waals surface area contributed by atoms with Crippen molar-refractivity contribution in [2.45, 2.75) is 0 Å². The van der Waals surface area contributed by atoms with Crippen molar-refractivity contribution in [3.63, 3.8) is 0 Å². The molecule has 1 heterocycles. The quantitative estimate of drug-likeness (QED) is 0.302. The van der Waals surface area contributed by atoms with Crippen LogP contribution in [0.25, 0.3) is 49.3 Å². The molecule has 6 aromatic rings. The summed E-state index contributed by atoms with van der Waals surface area (Å²) in [5.41, 5.74) is 5.60. The first-order valence-corrected chi connectivity index (χ1v) is 10.2. The first-order valence-electron chi connectivity index (χ1n) is 10.2. The van der Waals surface area contributed by atoms with Gasteiger partial charge >= 0.3 is 0 Å². The van der Waals surface area contributed by atoms with Gasteiger partial charge in [-0.15, -0.1) is 0 Å². The predicted octanol–water partition coefficient (Wildman–Crippen LogP) is 7.54. The maximum atomic E-state index is 3.66. The summed E-state index contributed by atoms with van der Waals surface area (Å²) >= 11 is 0. The molecule has 142 valence electrons. The van der Waals surface area contributed by atoms with Crippen molar-refractivity contribution >= 4 is 43.6 Å². The zero-order chi connectivity index (χ0) is 19.9. The third kappa shape index (κ3) is 2.73. The highest BCUT2D eigenvalue weighted by atomic mass is 15.0. The van der Waals surface area contributed by atoms with E-state index < -0.39 is 0 Å². The maximum absolute atomic E-state index is 3.66. The molecule has 0 saturated heterocycles. The van der Waals surface area contributed by atoms with Gasteiger partial charge in [0, 0.05) is 33.1 Å². The van der Waals surface area contributed by atoms with E-state index in [1.807, 2.05) is 0 Å². The fourth-order valence-electron chi connectivity index (χ4n) is 4.36. The molecule has 1 aromatic heterocycles. The number of para-hydroxylation sites is 2. The number of nitrogens with one attached hydrogen (secondary N) is 1. The third-order valence-electron chi connectivity index (χ3n) is 5.74. The van der Waals surface area contributed by atoms with Crippen molar-refractivity contribution in [3.8, 4) is 5.69 Å². The van der Waals surface area contributed by atoms with E-state index in [1.54, 1.807) is 0 Å². The van der Waals surface area contributed by atoms with Gasteiger partial charge in [-0.2, -0.15) is 0 Å². The van der Waals surface area contributed by atoms with E-state index in [2.05, 4.69) is 125 Å². The van der Waals surface area contributed by atoms with Gasteiger partial charge in [-0.05, 0) is 64.7 Å². The Balaban J connectivity index is 1.95. The summed E-state index contributed by atoms with van der Waals surface area (Å²) in [7, 11) is 0. The van der Waals surface area contributed by atoms with Crippen LogP contribution in [0.3, 0.4) is 0 Å². The molecule has 0 radical (unpaired) electrons. The molecule has 1 N–H and O–H groups in total. The first kappa shape index (κ1) is 16.9. The smallest absolute Gasteiger partial charge is 0.0482 e. The minimum Gasteiger partial charge on any atom is -0.355 e. The second kappa shape index (κ2) is 6.78. The second-order valence-corrected chi connectivity index (χ2v) is 7.60. The van der Waals surface area contributed by atoms with Crippen LogP contribution in [-0.4, -0.2) is 9.55 Å². The molecule has 0 fully saturated rings. The number of nitrogens with zero attached hydrogens (tertiary/aromatic N) is 1. The Morgan fingerprint density at radius 1 is 0.500 bits per heavy atom. The van der Waals surface area contributed by atoms with Crippen molar-refractivity contribution in [3.05, 3.63) is 115 Å². The number of benzene rings is 5. The summed E-state index contributed by atoms with van der Waals surface area (Å²) in [4.78, 5) is 3.66. The van der Waals surface area contributed by atoms with Gasteiger partial charge in [0.25, 0.3) is 0 Å². The van der Waals surface area contributed by atoms with Gasteiger partial charge in [0.1, 0.15) is 0 Å². The summed E-state index contributed by atoms with van der Waals surface area (Å²) in [6.45, 7) is 0. The van der Waals surface area contributed by atoms with Gasteiger partial charge in [0.05, 0.1) is 0 Å². The summed E-state index contributed by atoms with van der Waals surface area (Å²) < 4.78 is 2.32. The van der Waals surface area contributed by atoms with Crippen LogP contribution >= 0.6 is 0 Å². The minimum absolute atomic E-state index is 1.07. The monoisotopic (exact) mass is 384 g/mol. The number of H-pyrrole nitrogens is 1. The Hall–Kier alpha value is -4.04. The van der Waals surface area contributed by atoms with Crippen LogP contribution in [-0.2, 0) is 0 Å². The summed E-state index contributed by atoms with van der Waals surface area (Å²) in [6.07, 6.45) is 0. The molecular weight excluding hydrogens is 364 g/mol. The lowest BCUT2D eigenvalue weighted by molar-refractivity contribution is 1.16. The topological polar surface area (TPSA) is 20.7 Å². The molecule has 5 aromatic carbocycles. The van der Waals surface area contributed by atoms with Crippen LogP contribution in [0.5, 0.6) is 0 Å². The lowest BCUT2D eigenvalue weighted by atomic mass is 10.0. The number of aromatic nitrogens is 2. The molecular formula is C28H20N2. The molecule has 0 saturated carbocycles. The standard InChI is InChI=1S/C28H20N2/c1-2-10-22(11-3-1)30-23-12-7-9-21(18-23)29-28-15-5-4-13-26(28)25-14-6-8-20-16-17-24(30)19-27(20)25/h1-19,29H. The van der Waals surface area contributed by atoms with Crippen molar-refractivity contribution in [1.29, 1.82) is 0 Å².